The first-order valence-electron chi connectivity index (χ1n) is 8.60. The number of para-hydroxylation sites is 1. The minimum absolute atomic E-state index is 0.128. The number of pyridine rings is 2. The summed E-state index contributed by atoms with van der Waals surface area (Å²) in [6.45, 7) is 1.74. The molecule has 7 heteroatoms. The zero-order valence-electron chi connectivity index (χ0n) is 14.6. The lowest BCUT2D eigenvalue weighted by Gasteiger charge is -2.31. The van der Waals surface area contributed by atoms with Crippen LogP contribution in [-0.4, -0.2) is 20.6 Å². The third kappa shape index (κ3) is 2.81. The Balaban J connectivity index is 1.78. The number of benzene rings is 1. The lowest BCUT2D eigenvalue weighted by Crippen LogP contribution is -2.44. The number of fused-ring (bicyclic) bond motifs is 2. The quantitative estimate of drug-likeness (QED) is 0.554. The molecule has 1 atom stereocenters. The average Bonchev–Trinajstić information content (AvgIpc) is 2.67. The van der Waals surface area contributed by atoms with Crippen molar-refractivity contribution in [2.75, 3.05) is 0 Å². The maximum atomic E-state index is 12.9. The van der Waals surface area contributed by atoms with Crippen LogP contribution in [0.1, 0.15) is 30.0 Å². The molecule has 0 bridgehead atoms. The van der Waals surface area contributed by atoms with Gasteiger partial charge in [-0.05, 0) is 24.6 Å². The van der Waals surface area contributed by atoms with Gasteiger partial charge < -0.3 is 14.4 Å². The summed E-state index contributed by atoms with van der Waals surface area (Å²) in [6, 6.07) is 11.1. The summed E-state index contributed by atoms with van der Waals surface area (Å²) in [7, 11) is 0. The number of nitrogens with zero attached hydrogens (tertiary/aromatic N) is 2. The molecule has 6 nitrogen and oxygen atoms in total. The van der Waals surface area contributed by atoms with E-state index in [2.05, 4.69) is 4.98 Å². The van der Waals surface area contributed by atoms with E-state index < -0.39 is 11.6 Å². The molecule has 1 aromatic carbocycles. The zero-order valence-corrected chi connectivity index (χ0v) is 15.4. The monoisotopic (exact) mass is 384 g/mol. The Bertz CT molecular complexity index is 1120. The second-order valence-electron chi connectivity index (χ2n) is 6.56. The van der Waals surface area contributed by atoms with Crippen molar-refractivity contribution in [2.24, 2.45) is 0 Å². The normalized spacial score (nSPS) is 19.0. The maximum Gasteiger partial charge on any atom is 0.343 e. The molecular formula is C20H17ClN2O4. The topological polar surface area (TPSA) is 81.4 Å². The van der Waals surface area contributed by atoms with Crippen molar-refractivity contribution in [1.82, 2.24) is 9.55 Å². The maximum absolute atomic E-state index is 12.9. The second-order valence-corrected chi connectivity index (χ2v) is 6.92. The number of cyclic esters (lactones) is 1. The summed E-state index contributed by atoms with van der Waals surface area (Å²) in [5.41, 5.74) is -0.0267. The molecule has 0 saturated carbocycles. The molecule has 0 unspecified atom stereocenters. The Labute approximate surface area is 160 Å². The van der Waals surface area contributed by atoms with Crippen LogP contribution >= 0.6 is 11.6 Å². The third-order valence-electron chi connectivity index (χ3n) is 5.00. The molecule has 4 rings (SSSR count). The molecular weight excluding hydrogens is 368 g/mol. The van der Waals surface area contributed by atoms with Gasteiger partial charge in [-0.2, -0.15) is 0 Å². The van der Waals surface area contributed by atoms with Crippen molar-refractivity contribution in [2.45, 2.75) is 32.1 Å². The van der Waals surface area contributed by atoms with Crippen molar-refractivity contribution in [1.29, 1.82) is 0 Å². The van der Waals surface area contributed by atoms with Gasteiger partial charge in [0.05, 0.1) is 17.6 Å². The van der Waals surface area contributed by atoms with E-state index in [1.807, 2.05) is 30.3 Å². The van der Waals surface area contributed by atoms with E-state index in [-0.39, 0.29) is 30.7 Å². The Hall–Kier alpha value is -2.70. The molecule has 138 valence electrons. The van der Waals surface area contributed by atoms with Crippen LogP contribution in [0.2, 0.25) is 5.15 Å². The highest BCUT2D eigenvalue weighted by Gasteiger charge is 2.44. The van der Waals surface area contributed by atoms with E-state index in [1.165, 1.54) is 4.57 Å². The molecule has 3 heterocycles. The fourth-order valence-electron chi connectivity index (χ4n) is 3.41. The van der Waals surface area contributed by atoms with Gasteiger partial charge in [0.2, 0.25) is 0 Å². The van der Waals surface area contributed by atoms with Gasteiger partial charge in [0.15, 0.2) is 5.60 Å². The number of halogens is 1. The van der Waals surface area contributed by atoms with Gasteiger partial charge in [-0.25, -0.2) is 9.78 Å². The molecule has 3 aromatic rings. The molecule has 2 aromatic heterocycles. The third-order valence-corrected chi connectivity index (χ3v) is 5.33. The summed E-state index contributed by atoms with van der Waals surface area (Å²) >= 11 is 6.30. The van der Waals surface area contributed by atoms with Gasteiger partial charge >= 0.3 is 5.97 Å². The van der Waals surface area contributed by atoms with Crippen LogP contribution in [0.15, 0.2) is 47.4 Å². The number of aliphatic hydroxyl groups is 1. The van der Waals surface area contributed by atoms with E-state index in [0.717, 1.165) is 10.9 Å². The van der Waals surface area contributed by atoms with Crippen molar-refractivity contribution < 1.29 is 14.6 Å². The number of carbonyl (C=O) groups excluding carboxylic acids is 1. The number of aromatic nitrogens is 2. The Kier molecular flexibility index (Phi) is 4.25. The molecule has 0 fully saturated rings. The first kappa shape index (κ1) is 17.7. The Morgan fingerprint density at radius 3 is 2.85 bits per heavy atom. The summed E-state index contributed by atoms with van der Waals surface area (Å²) in [6.07, 6.45) is 1.69. The van der Waals surface area contributed by atoms with E-state index in [9.17, 15) is 14.7 Å². The van der Waals surface area contributed by atoms with Crippen LogP contribution in [0.4, 0.5) is 0 Å². The molecule has 1 aliphatic rings. The number of ether oxygens (including phenoxy) is 1. The minimum atomic E-state index is -1.78. The summed E-state index contributed by atoms with van der Waals surface area (Å²) in [4.78, 5) is 29.2. The lowest BCUT2D eigenvalue weighted by molar-refractivity contribution is -0.172. The van der Waals surface area contributed by atoms with E-state index >= 15 is 0 Å². The van der Waals surface area contributed by atoms with Gasteiger partial charge in [-0.15, -0.1) is 0 Å². The molecule has 0 amide bonds. The second kappa shape index (κ2) is 6.48. The lowest BCUT2D eigenvalue weighted by atomic mass is 9.87. The zero-order chi connectivity index (χ0) is 19.2. The van der Waals surface area contributed by atoms with Crippen molar-refractivity contribution >= 4 is 28.5 Å². The molecule has 1 aliphatic heterocycles. The largest absolute Gasteiger partial charge is 0.458 e. The smallest absolute Gasteiger partial charge is 0.343 e. The minimum Gasteiger partial charge on any atom is -0.458 e. The fraction of sp³-hybridized carbons (Fsp3) is 0.250. The van der Waals surface area contributed by atoms with Crippen LogP contribution < -0.4 is 5.56 Å². The van der Waals surface area contributed by atoms with Crippen molar-refractivity contribution in [3.8, 4) is 0 Å². The standard InChI is InChI=1S/C20H17ClN2O4/c1-2-20(26)15-7-8-23(18(24)14(15)11-27-19(20)25)10-13-9-12-5-3-4-6-16(12)22-17(13)21/h3-9,26H,2,10-11H2,1H3/t20-/m0/s1. The van der Waals surface area contributed by atoms with Crippen LogP contribution in [-0.2, 0) is 28.3 Å². The fourth-order valence-corrected chi connectivity index (χ4v) is 3.61. The highest BCUT2D eigenvalue weighted by atomic mass is 35.5. The molecule has 0 spiro atoms. The van der Waals surface area contributed by atoms with Gasteiger partial charge in [-0.3, -0.25) is 4.79 Å². The number of hydrogen-bond donors (Lipinski definition) is 1. The SMILES string of the molecule is CC[C@@]1(O)C(=O)OCc2c1ccn(Cc1cc3ccccc3nc1Cl)c2=O. The van der Waals surface area contributed by atoms with E-state index in [1.54, 1.807) is 19.2 Å². The van der Waals surface area contributed by atoms with E-state index in [0.29, 0.717) is 16.3 Å². The summed E-state index contributed by atoms with van der Waals surface area (Å²) < 4.78 is 6.52. The predicted molar refractivity (Wildman–Crippen MR) is 101 cm³/mol. The van der Waals surface area contributed by atoms with Crippen molar-refractivity contribution in [3.63, 3.8) is 0 Å². The molecule has 0 saturated heterocycles. The molecule has 1 N–H and O–H groups in total. The predicted octanol–water partition coefficient (Wildman–Crippen LogP) is 2.75. The van der Waals surface area contributed by atoms with Gasteiger partial charge in [0.25, 0.3) is 5.56 Å². The average molecular weight is 385 g/mol. The summed E-state index contributed by atoms with van der Waals surface area (Å²) in [5.74, 6) is -0.726. The first-order chi connectivity index (χ1) is 12.9. The van der Waals surface area contributed by atoms with Gasteiger partial charge in [0.1, 0.15) is 11.8 Å². The van der Waals surface area contributed by atoms with Crippen LogP contribution in [0.25, 0.3) is 10.9 Å². The molecule has 0 aliphatic carbocycles. The number of hydrogen-bond acceptors (Lipinski definition) is 5. The van der Waals surface area contributed by atoms with Crippen LogP contribution in [0.5, 0.6) is 0 Å². The number of rotatable bonds is 3. The van der Waals surface area contributed by atoms with Gasteiger partial charge in [-0.1, -0.05) is 36.7 Å². The van der Waals surface area contributed by atoms with Crippen LogP contribution in [0.3, 0.4) is 0 Å². The van der Waals surface area contributed by atoms with E-state index in [4.69, 9.17) is 16.3 Å². The van der Waals surface area contributed by atoms with Crippen molar-refractivity contribution in [3.05, 3.63) is 74.8 Å². The Morgan fingerprint density at radius 2 is 2.07 bits per heavy atom. The first-order valence-corrected chi connectivity index (χ1v) is 8.98. The highest BCUT2D eigenvalue weighted by Crippen LogP contribution is 2.32. The molecule has 27 heavy (non-hydrogen) atoms. The number of esters is 1. The van der Waals surface area contributed by atoms with Gasteiger partial charge in [0, 0.05) is 22.7 Å². The summed E-state index contributed by atoms with van der Waals surface area (Å²) in [5, 5.41) is 11.9. The number of carbonyl (C=O) groups is 1. The van der Waals surface area contributed by atoms with Crippen LogP contribution in [0, 0.1) is 0 Å². The molecule has 0 radical (unpaired) electrons. The highest BCUT2D eigenvalue weighted by molar-refractivity contribution is 6.30. The Morgan fingerprint density at radius 1 is 1.30 bits per heavy atom.